The molecule has 5 fully saturated rings. The summed E-state index contributed by atoms with van der Waals surface area (Å²) < 4.78 is 2.44. The largest absolute Gasteiger partial charge is 0.371 e. The highest BCUT2D eigenvalue weighted by Gasteiger charge is 2.46. The molecule has 14 heteroatoms. The number of hydrogen-bond donors (Lipinski definition) is 1. The van der Waals surface area contributed by atoms with Crippen LogP contribution in [0.15, 0.2) is 60.7 Å². The summed E-state index contributed by atoms with van der Waals surface area (Å²) >= 11 is 6.33. The number of imide groups is 2. The van der Waals surface area contributed by atoms with Crippen LogP contribution >= 0.6 is 11.6 Å². The van der Waals surface area contributed by atoms with Crippen LogP contribution in [-0.2, 0) is 9.59 Å². The number of carbonyl (C=O) groups excluding carboxylic acids is 5. The fourth-order valence-corrected chi connectivity index (χ4v) is 9.68. The van der Waals surface area contributed by atoms with Crippen molar-refractivity contribution in [3.63, 3.8) is 0 Å². The standard InChI is InChI=1S/C42H41ClN8O5/c43-35-22-31(5-4-28(35)23-44)49-14-11-42(25-49)12-15-50(26-42)39(54)27-2-1-3-29(20-27)46-16-18-47(19-17-46)32-10-13-48(24-32)30-6-7-33-34(21-30)41(56)51(40(33)55)36-8-9-37(52)45-38(36)53/h1-7,20-22,36H,8-19,24-26H2/p+1. The highest BCUT2D eigenvalue weighted by Crippen LogP contribution is 2.42. The van der Waals surface area contributed by atoms with E-state index in [1.54, 1.807) is 18.2 Å². The van der Waals surface area contributed by atoms with Gasteiger partial charge in [-0.1, -0.05) is 17.7 Å². The molecule has 0 bridgehead atoms. The Morgan fingerprint density at radius 3 is 2.34 bits per heavy atom. The fourth-order valence-electron chi connectivity index (χ4n) is 9.46. The first-order valence-electron chi connectivity index (χ1n) is 19.4. The summed E-state index contributed by atoms with van der Waals surface area (Å²) in [5.41, 5.74) is 6.07. The third-order valence-corrected chi connectivity index (χ3v) is 12.9. The van der Waals surface area contributed by atoms with E-state index in [0.717, 1.165) is 107 Å². The first-order valence-corrected chi connectivity index (χ1v) is 19.8. The van der Waals surface area contributed by atoms with Gasteiger partial charge in [-0.2, -0.15) is 5.26 Å². The Labute approximate surface area is 329 Å². The van der Waals surface area contributed by atoms with Gasteiger partial charge in [0.2, 0.25) is 11.8 Å². The number of rotatable bonds is 5. The summed E-state index contributed by atoms with van der Waals surface area (Å²) in [5, 5.41) is 12.0. The number of likely N-dealkylation sites (tertiary alicyclic amines) is 1. The normalized spacial score (nSPS) is 23.8. The molecule has 1 spiro atoms. The van der Waals surface area contributed by atoms with E-state index >= 15 is 0 Å². The number of piperazine rings is 1. The first kappa shape index (κ1) is 35.9. The minimum Gasteiger partial charge on any atom is -0.371 e. The van der Waals surface area contributed by atoms with E-state index in [1.807, 2.05) is 41.3 Å². The number of piperidine rings is 1. The molecule has 3 aromatic carbocycles. The van der Waals surface area contributed by atoms with E-state index in [-0.39, 0.29) is 29.7 Å². The molecule has 0 aliphatic carbocycles. The molecule has 56 heavy (non-hydrogen) atoms. The lowest BCUT2D eigenvalue weighted by molar-refractivity contribution is -0.530. The van der Waals surface area contributed by atoms with Crippen LogP contribution < -0.4 is 20.0 Å². The second kappa shape index (κ2) is 14.1. The van der Waals surface area contributed by atoms with Crippen LogP contribution in [0.5, 0.6) is 0 Å². The number of carbonyl (C=O) groups is 5. The Morgan fingerprint density at radius 2 is 1.55 bits per heavy atom. The molecule has 5 saturated heterocycles. The van der Waals surface area contributed by atoms with Crippen LogP contribution in [0.1, 0.15) is 68.7 Å². The number of hydrogen-bond acceptors (Lipinski definition) is 9. The molecular formula is C42H42ClN8O5+. The molecule has 0 radical (unpaired) electrons. The van der Waals surface area contributed by atoms with Crippen molar-refractivity contribution >= 4 is 63.9 Å². The van der Waals surface area contributed by atoms with Crippen molar-refractivity contribution in [1.29, 1.82) is 5.26 Å². The Hall–Kier alpha value is -5.74. The molecule has 13 nitrogen and oxygen atoms in total. The maximum absolute atomic E-state index is 13.8. The fraction of sp³-hybridized carbons (Fsp3) is 0.405. The minimum absolute atomic E-state index is 0.0490. The molecular weight excluding hydrogens is 732 g/mol. The number of fused-ring (bicyclic) bond motifs is 1. The monoisotopic (exact) mass is 773 g/mol. The molecule has 5 amide bonds. The molecule has 286 valence electrons. The van der Waals surface area contributed by atoms with Gasteiger partial charge in [-0.3, -0.25) is 34.2 Å². The molecule has 6 aliphatic rings. The summed E-state index contributed by atoms with van der Waals surface area (Å²) in [5.74, 6) is -1.93. The SMILES string of the molecule is N#Cc1ccc(N2CCC3(CCN(C(=O)c4cccc(N5CC[N+](=C6CCN(c7ccc8c(c7)C(=O)N(C7CCC(=O)NC7=O)C8=O)C6)CC5)c4)C3)C2)cc1Cl. The zero-order chi connectivity index (χ0) is 38.7. The maximum Gasteiger partial charge on any atom is 0.262 e. The van der Waals surface area contributed by atoms with Crippen molar-refractivity contribution in [2.75, 3.05) is 80.1 Å². The predicted octanol–water partition coefficient (Wildman–Crippen LogP) is 3.54. The number of nitrogens with zero attached hydrogens (tertiary/aromatic N) is 7. The van der Waals surface area contributed by atoms with Crippen LogP contribution in [0, 0.1) is 16.7 Å². The molecule has 6 aliphatic heterocycles. The van der Waals surface area contributed by atoms with Crippen LogP contribution in [-0.4, -0.2) is 121 Å². The van der Waals surface area contributed by atoms with Gasteiger partial charge >= 0.3 is 0 Å². The Morgan fingerprint density at radius 1 is 0.804 bits per heavy atom. The van der Waals surface area contributed by atoms with E-state index in [0.29, 0.717) is 21.7 Å². The van der Waals surface area contributed by atoms with Gasteiger partial charge in [-0.15, -0.1) is 0 Å². The third kappa shape index (κ3) is 6.35. The van der Waals surface area contributed by atoms with Crippen molar-refractivity contribution in [1.82, 2.24) is 15.1 Å². The van der Waals surface area contributed by atoms with Gasteiger partial charge in [0.25, 0.3) is 17.7 Å². The predicted molar refractivity (Wildman–Crippen MR) is 210 cm³/mol. The zero-order valence-electron chi connectivity index (χ0n) is 31.0. The lowest BCUT2D eigenvalue weighted by atomic mass is 9.86. The van der Waals surface area contributed by atoms with Gasteiger partial charge < -0.3 is 19.6 Å². The molecule has 2 atom stereocenters. The second-order valence-corrected chi connectivity index (χ2v) is 16.3. The van der Waals surface area contributed by atoms with Gasteiger partial charge in [-0.05, 0) is 73.9 Å². The van der Waals surface area contributed by atoms with Crippen LogP contribution in [0.2, 0.25) is 5.02 Å². The zero-order valence-corrected chi connectivity index (χ0v) is 31.8. The van der Waals surface area contributed by atoms with Gasteiger partial charge in [0.05, 0.1) is 41.3 Å². The van der Waals surface area contributed by atoms with Gasteiger partial charge in [0.15, 0.2) is 18.8 Å². The molecule has 0 aromatic heterocycles. The van der Waals surface area contributed by atoms with Crippen LogP contribution in [0.25, 0.3) is 0 Å². The van der Waals surface area contributed by atoms with E-state index < -0.39 is 29.7 Å². The van der Waals surface area contributed by atoms with Gasteiger partial charge in [-0.25, -0.2) is 4.58 Å². The van der Waals surface area contributed by atoms with E-state index in [4.69, 9.17) is 11.6 Å². The Balaban J connectivity index is 0.805. The third-order valence-electron chi connectivity index (χ3n) is 12.6. The van der Waals surface area contributed by atoms with Gasteiger partial charge in [0, 0.05) is 73.6 Å². The van der Waals surface area contributed by atoms with Crippen molar-refractivity contribution in [3.05, 3.63) is 87.9 Å². The number of amides is 5. The average Bonchev–Trinajstić information content (AvgIpc) is 4.02. The highest BCUT2D eigenvalue weighted by molar-refractivity contribution is 6.32. The van der Waals surface area contributed by atoms with Crippen molar-refractivity contribution in [3.8, 4) is 6.07 Å². The van der Waals surface area contributed by atoms with Gasteiger partial charge in [0.1, 0.15) is 12.1 Å². The highest BCUT2D eigenvalue weighted by atomic mass is 35.5. The molecule has 2 unspecified atom stereocenters. The van der Waals surface area contributed by atoms with Crippen LogP contribution in [0.3, 0.4) is 0 Å². The smallest absolute Gasteiger partial charge is 0.262 e. The second-order valence-electron chi connectivity index (χ2n) is 15.9. The molecule has 0 saturated carbocycles. The maximum atomic E-state index is 13.8. The molecule has 1 N–H and O–H groups in total. The number of benzene rings is 3. The van der Waals surface area contributed by atoms with E-state index in [1.165, 1.54) is 5.71 Å². The van der Waals surface area contributed by atoms with Crippen molar-refractivity contribution < 1.29 is 28.5 Å². The molecule has 3 aromatic rings. The quantitative estimate of drug-likeness (QED) is 0.305. The Kier molecular flexibility index (Phi) is 9.04. The summed E-state index contributed by atoms with van der Waals surface area (Å²) in [4.78, 5) is 74.4. The number of nitrogens with one attached hydrogen (secondary N) is 1. The topological polar surface area (TPSA) is 140 Å². The summed E-state index contributed by atoms with van der Waals surface area (Å²) in [7, 11) is 0. The minimum atomic E-state index is -0.984. The number of nitriles is 1. The first-order chi connectivity index (χ1) is 27.1. The van der Waals surface area contributed by atoms with Crippen LogP contribution in [0.4, 0.5) is 17.1 Å². The van der Waals surface area contributed by atoms with Crippen molar-refractivity contribution in [2.24, 2.45) is 5.41 Å². The van der Waals surface area contributed by atoms with E-state index in [2.05, 4.69) is 36.7 Å². The number of anilines is 3. The van der Waals surface area contributed by atoms with Crippen molar-refractivity contribution in [2.45, 2.75) is 38.1 Å². The lowest BCUT2D eigenvalue weighted by Gasteiger charge is -2.29. The number of halogens is 1. The summed E-state index contributed by atoms with van der Waals surface area (Å²) in [6.07, 6.45) is 3.08. The van der Waals surface area contributed by atoms with E-state index in [9.17, 15) is 29.2 Å². The lowest BCUT2D eigenvalue weighted by Crippen LogP contribution is -2.54. The Bertz CT molecular complexity index is 2280. The molecule has 6 heterocycles. The average molecular weight is 774 g/mol. The molecule has 9 rings (SSSR count). The summed E-state index contributed by atoms with van der Waals surface area (Å²) in [6, 6.07) is 20.1. The summed E-state index contributed by atoms with van der Waals surface area (Å²) in [6.45, 7) is 8.10.